The van der Waals surface area contributed by atoms with Gasteiger partial charge in [-0.25, -0.2) is 0 Å². The summed E-state index contributed by atoms with van der Waals surface area (Å²) >= 11 is 0. The maximum Gasteiger partial charge on any atom is 0.236 e. The smallest absolute Gasteiger partial charge is 0.236 e. The maximum absolute atomic E-state index is 12.3. The van der Waals surface area contributed by atoms with Crippen LogP contribution in [-0.2, 0) is 4.79 Å². The highest BCUT2D eigenvalue weighted by atomic mass is 16.3. The normalized spacial score (nSPS) is 28.0. The van der Waals surface area contributed by atoms with Crippen LogP contribution in [0.2, 0.25) is 0 Å². The lowest BCUT2D eigenvalue weighted by Gasteiger charge is -2.33. The van der Waals surface area contributed by atoms with Crippen molar-refractivity contribution in [2.24, 2.45) is 5.92 Å². The summed E-state index contributed by atoms with van der Waals surface area (Å²) in [5.74, 6) is 0.583. The van der Waals surface area contributed by atoms with Gasteiger partial charge in [-0.2, -0.15) is 0 Å². The van der Waals surface area contributed by atoms with Gasteiger partial charge in [-0.05, 0) is 38.6 Å². The molecule has 116 valence electrons. The van der Waals surface area contributed by atoms with Crippen LogP contribution in [-0.4, -0.2) is 60.1 Å². The Morgan fingerprint density at radius 1 is 1.05 bits per heavy atom. The summed E-state index contributed by atoms with van der Waals surface area (Å²) in [5, 5.41) is 9.86. The quantitative estimate of drug-likeness (QED) is 0.837. The van der Waals surface area contributed by atoms with Crippen molar-refractivity contribution >= 4 is 5.91 Å². The predicted octanol–water partition coefficient (Wildman–Crippen LogP) is 1.87. The summed E-state index contributed by atoms with van der Waals surface area (Å²) in [4.78, 5) is 16.4. The molecule has 0 aromatic rings. The summed E-state index contributed by atoms with van der Waals surface area (Å²) < 4.78 is 0. The summed E-state index contributed by atoms with van der Waals surface area (Å²) in [6, 6.07) is 0.446. The van der Waals surface area contributed by atoms with Gasteiger partial charge in [-0.3, -0.25) is 9.69 Å². The van der Waals surface area contributed by atoms with Gasteiger partial charge in [-0.1, -0.05) is 25.7 Å². The van der Waals surface area contributed by atoms with Gasteiger partial charge in [0, 0.05) is 19.6 Å². The molecule has 2 unspecified atom stereocenters. The van der Waals surface area contributed by atoms with Crippen LogP contribution in [0.3, 0.4) is 0 Å². The average Bonchev–Trinajstić information content (AvgIpc) is 2.84. The molecule has 2 aliphatic rings. The van der Waals surface area contributed by atoms with Crippen LogP contribution in [0.1, 0.15) is 51.4 Å². The lowest BCUT2D eigenvalue weighted by Crippen LogP contribution is -2.44. The van der Waals surface area contributed by atoms with Crippen LogP contribution in [0, 0.1) is 5.92 Å². The molecule has 2 saturated carbocycles. The lowest BCUT2D eigenvalue weighted by molar-refractivity contribution is -0.133. The van der Waals surface area contributed by atoms with Gasteiger partial charge >= 0.3 is 0 Å². The Hall–Kier alpha value is -0.610. The van der Waals surface area contributed by atoms with E-state index in [1.165, 1.54) is 19.3 Å². The number of rotatable bonds is 5. The first-order valence-electron chi connectivity index (χ1n) is 8.20. The minimum atomic E-state index is -0.163. The number of aliphatic hydroxyl groups excluding tert-OH is 1. The van der Waals surface area contributed by atoms with E-state index in [1.54, 1.807) is 0 Å². The fourth-order valence-corrected chi connectivity index (χ4v) is 3.71. The molecule has 20 heavy (non-hydrogen) atoms. The number of aliphatic hydroxyl groups is 1. The highest BCUT2D eigenvalue weighted by Crippen LogP contribution is 2.26. The van der Waals surface area contributed by atoms with Gasteiger partial charge in [0.25, 0.3) is 0 Å². The molecule has 0 spiro atoms. The van der Waals surface area contributed by atoms with Crippen molar-refractivity contribution in [3.8, 4) is 0 Å². The Labute approximate surface area is 123 Å². The second kappa shape index (κ2) is 7.41. The standard InChI is InChI=1S/C16H30N2O2/c1-17(11-13-7-6-10-15(13)19)12-16(20)18(2)14-8-4-3-5-9-14/h13-15,19H,3-12H2,1-2H3. The Balaban J connectivity index is 1.74. The zero-order valence-electron chi connectivity index (χ0n) is 13.1. The second-order valence-electron chi connectivity index (χ2n) is 6.75. The van der Waals surface area contributed by atoms with Crippen molar-refractivity contribution in [3.05, 3.63) is 0 Å². The highest BCUT2D eigenvalue weighted by Gasteiger charge is 2.28. The van der Waals surface area contributed by atoms with Gasteiger partial charge in [0.05, 0.1) is 12.6 Å². The fraction of sp³-hybridized carbons (Fsp3) is 0.938. The van der Waals surface area contributed by atoms with E-state index in [0.717, 1.165) is 38.6 Å². The molecule has 2 fully saturated rings. The van der Waals surface area contributed by atoms with Crippen LogP contribution in [0.15, 0.2) is 0 Å². The number of hydrogen-bond acceptors (Lipinski definition) is 3. The van der Waals surface area contributed by atoms with E-state index in [9.17, 15) is 9.90 Å². The molecule has 0 saturated heterocycles. The Bertz CT molecular complexity index is 316. The first-order chi connectivity index (χ1) is 9.58. The molecule has 1 amide bonds. The largest absolute Gasteiger partial charge is 0.393 e. The molecule has 0 aromatic carbocycles. The van der Waals surface area contributed by atoms with Gasteiger partial charge < -0.3 is 10.0 Å². The molecular weight excluding hydrogens is 252 g/mol. The van der Waals surface area contributed by atoms with Crippen LogP contribution < -0.4 is 0 Å². The number of carbonyl (C=O) groups excluding carboxylic acids is 1. The summed E-state index contributed by atoms with van der Waals surface area (Å²) in [5.41, 5.74) is 0. The Morgan fingerprint density at radius 2 is 1.75 bits per heavy atom. The molecule has 0 aromatic heterocycles. The summed E-state index contributed by atoms with van der Waals surface area (Å²) in [7, 11) is 3.95. The molecule has 0 aliphatic heterocycles. The van der Waals surface area contributed by atoms with E-state index < -0.39 is 0 Å². The van der Waals surface area contributed by atoms with E-state index in [0.29, 0.717) is 18.5 Å². The molecule has 2 atom stereocenters. The summed E-state index contributed by atoms with van der Waals surface area (Å²) in [6.07, 6.45) is 9.13. The van der Waals surface area contributed by atoms with E-state index in [-0.39, 0.29) is 12.0 Å². The number of amides is 1. The van der Waals surface area contributed by atoms with E-state index in [2.05, 4.69) is 4.90 Å². The SMILES string of the molecule is CN(CC(=O)N(C)C1CCCCC1)CC1CCCC1O. The number of likely N-dealkylation sites (N-methyl/N-ethyl adjacent to an activating group) is 2. The molecular formula is C16H30N2O2. The zero-order chi connectivity index (χ0) is 14.5. The third-order valence-electron chi connectivity index (χ3n) is 5.09. The van der Waals surface area contributed by atoms with Crippen molar-refractivity contribution in [3.63, 3.8) is 0 Å². The Kier molecular flexibility index (Phi) is 5.85. The minimum absolute atomic E-state index is 0.163. The minimum Gasteiger partial charge on any atom is -0.393 e. The van der Waals surface area contributed by atoms with E-state index in [1.807, 2.05) is 19.0 Å². The first kappa shape index (κ1) is 15.8. The third kappa shape index (κ3) is 4.19. The molecule has 4 nitrogen and oxygen atoms in total. The molecule has 0 radical (unpaired) electrons. The van der Waals surface area contributed by atoms with Crippen LogP contribution in [0.5, 0.6) is 0 Å². The monoisotopic (exact) mass is 282 g/mol. The van der Waals surface area contributed by atoms with Crippen molar-refractivity contribution in [2.45, 2.75) is 63.5 Å². The van der Waals surface area contributed by atoms with Gasteiger partial charge in [0.2, 0.25) is 5.91 Å². The fourth-order valence-electron chi connectivity index (χ4n) is 3.71. The van der Waals surface area contributed by atoms with Gasteiger partial charge in [0.15, 0.2) is 0 Å². The molecule has 2 rings (SSSR count). The van der Waals surface area contributed by atoms with Gasteiger partial charge in [0.1, 0.15) is 0 Å². The predicted molar refractivity (Wildman–Crippen MR) is 80.5 cm³/mol. The molecule has 4 heteroatoms. The molecule has 2 aliphatic carbocycles. The van der Waals surface area contributed by atoms with Crippen molar-refractivity contribution in [2.75, 3.05) is 27.2 Å². The number of hydrogen-bond donors (Lipinski definition) is 1. The molecule has 0 heterocycles. The lowest BCUT2D eigenvalue weighted by atomic mass is 9.94. The van der Waals surface area contributed by atoms with E-state index in [4.69, 9.17) is 0 Å². The van der Waals surface area contributed by atoms with Crippen molar-refractivity contribution in [1.82, 2.24) is 9.80 Å². The Morgan fingerprint density at radius 3 is 2.35 bits per heavy atom. The molecule has 1 N–H and O–H groups in total. The van der Waals surface area contributed by atoms with Crippen LogP contribution in [0.4, 0.5) is 0 Å². The summed E-state index contributed by atoms with van der Waals surface area (Å²) in [6.45, 7) is 1.32. The van der Waals surface area contributed by atoms with Crippen LogP contribution in [0.25, 0.3) is 0 Å². The van der Waals surface area contributed by atoms with Gasteiger partial charge in [-0.15, -0.1) is 0 Å². The first-order valence-corrected chi connectivity index (χ1v) is 8.20. The number of carbonyl (C=O) groups is 1. The average molecular weight is 282 g/mol. The number of nitrogens with zero attached hydrogens (tertiary/aromatic N) is 2. The third-order valence-corrected chi connectivity index (χ3v) is 5.09. The van der Waals surface area contributed by atoms with Crippen molar-refractivity contribution < 1.29 is 9.90 Å². The zero-order valence-corrected chi connectivity index (χ0v) is 13.1. The topological polar surface area (TPSA) is 43.8 Å². The second-order valence-corrected chi connectivity index (χ2v) is 6.75. The van der Waals surface area contributed by atoms with Crippen LogP contribution >= 0.6 is 0 Å². The maximum atomic E-state index is 12.3. The van der Waals surface area contributed by atoms with Crippen molar-refractivity contribution in [1.29, 1.82) is 0 Å². The van der Waals surface area contributed by atoms with E-state index >= 15 is 0 Å². The highest BCUT2D eigenvalue weighted by molar-refractivity contribution is 5.78. The molecule has 0 bridgehead atoms.